The largest absolute Gasteiger partial charge is 0.206 e. The van der Waals surface area contributed by atoms with Crippen molar-refractivity contribution in [3.05, 3.63) is 118 Å². The Morgan fingerprint density at radius 1 is 0.697 bits per heavy atom. The third-order valence-corrected chi connectivity index (χ3v) is 6.20. The van der Waals surface area contributed by atoms with Crippen LogP contribution >= 0.6 is 22.6 Å². The van der Waals surface area contributed by atoms with Crippen LogP contribution in [0, 0.1) is 11.6 Å². The Balaban J connectivity index is 1.57. The van der Waals surface area contributed by atoms with E-state index < -0.39 is 0 Å². The van der Waals surface area contributed by atoms with Gasteiger partial charge in [-0.2, -0.15) is 0 Å². The van der Waals surface area contributed by atoms with Crippen molar-refractivity contribution in [1.29, 1.82) is 0 Å². The molecule has 3 heteroatoms. The molecule has 0 unspecified atom stereocenters. The molecule has 0 amide bonds. The molecule has 0 aliphatic heterocycles. The Kier molecular flexibility index (Phi) is 7.08. The number of hydrogen-bond acceptors (Lipinski definition) is 0. The maximum atomic E-state index is 15.0. The summed E-state index contributed by atoms with van der Waals surface area (Å²) in [7, 11) is 0. The van der Waals surface area contributed by atoms with Gasteiger partial charge >= 0.3 is 0 Å². The first kappa shape index (κ1) is 23.4. The summed E-state index contributed by atoms with van der Waals surface area (Å²) < 4.78 is 30.7. The van der Waals surface area contributed by atoms with E-state index in [1.54, 1.807) is 18.2 Å². The van der Waals surface area contributed by atoms with E-state index in [2.05, 4.69) is 53.4 Å². The quantitative estimate of drug-likeness (QED) is 0.210. The molecule has 0 N–H and O–H groups in total. The number of hydrogen-bond donors (Lipinski definition) is 0. The Bertz CT molecular complexity index is 1290. The van der Waals surface area contributed by atoms with E-state index >= 15 is 4.39 Å². The van der Waals surface area contributed by atoms with Gasteiger partial charge in [-0.15, -0.1) is 0 Å². The van der Waals surface area contributed by atoms with Gasteiger partial charge < -0.3 is 0 Å². The van der Waals surface area contributed by atoms with E-state index in [9.17, 15) is 4.39 Å². The van der Waals surface area contributed by atoms with Crippen molar-refractivity contribution in [2.24, 2.45) is 0 Å². The minimum atomic E-state index is -0.365. The smallest absolute Gasteiger partial charge is 0.131 e. The van der Waals surface area contributed by atoms with Crippen LogP contribution in [0.2, 0.25) is 0 Å². The SMILES string of the molecule is C=C(I)Cc1ccc(-c2ccc(-c3ccc(-c4ccc(C(C)C)cc4F)cc3F)cc2)cc1. The van der Waals surface area contributed by atoms with E-state index in [1.165, 1.54) is 17.7 Å². The molecular weight excluding hydrogens is 525 g/mol. The van der Waals surface area contributed by atoms with Gasteiger partial charge in [0.05, 0.1) is 0 Å². The predicted molar refractivity (Wildman–Crippen MR) is 144 cm³/mol. The van der Waals surface area contributed by atoms with Gasteiger partial charge in [0.25, 0.3) is 0 Å². The zero-order valence-corrected chi connectivity index (χ0v) is 20.9. The molecule has 0 nitrogen and oxygen atoms in total. The molecule has 166 valence electrons. The first-order chi connectivity index (χ1) is 15.8. The summed E-state index contributed by atoms with van der Waals surface area (Å²) in [6.45, 7) is 7.99. The van der Waals surface area contributed by atoms with E-state index in [0.717, 1.165) is 32.3 Å². The fourth-order valence-corrected chi connectivity index (χ4v) is 4.36. The molecule has 4 aromatic carbocycles. The zero-order chi connectivity index (χ0) is 23.5. The molecular formula is C30H25F2I. The normalized spacial score (nSPS) is 11.1. The fraction of sp³-hybridized carbons (Fsp3) is 0.133. The average molecular weight is 550 g/mol. The number of halogens is 3. The minimum absolute atomic E-state index is 0.240. The molecule has 0 atom stereocenters. The van der Waals surface area contributed by atoms with Gasteiger partial charge in [0.2, 0.25) is 0 Å². The van der Waals surface area contributed by atoms with Gasteiger partial charge in [0.1, 0.15) is 11.6 Å². The minimum Gasteiger partial charge on any atom is -0.206 e. The topological polar surface area (TPSA) is 0 Å². The van der Waals surface area contributed by atoms with Crippen LogP contribution in [0.1, 0.15) is 30.9 Å². The molecule has 0 spiro atoms. The summed E-state index contributed by atoms with van der Waals surface area (Å²) in [6, 6.07) is 26.3. The first-order valence-electron chi connectivity index (χ1n) is 10.9. The van der Waals surface area contributed by atoms with Crippen LogP contribution in [0.25, 0.3) is 33.4 Å². The molecule has 0 heterocycles. The molecule has 0 bridgehead atoms. The molecule has 0 saturated heterocycles. The zero-order valence-electron chi connectivity index (χ0n) is 18.7. The molecule has 4 aromatic rings. The van der Waals surface area contributed by atoms with Crippen molar-refractivity contribution in [3.63, 3.8) is 0 Å². The summed E-state index contributed by atoms with van der Waals surface area (Å²) in [6.07, 6.45) is 0.862. The summed E-state index contributed by atoms with van der Waals surface area (Å²) in [5.74, 6) is -0.452. The summed E-state index contributed by atoms with van der Waals surface area (Å²) >= 11 is 2.24. The highest BCUT2D eigenvalue weighted by atomic mass is 127. The standard InChI is InChI=1S/C30H25F2I/c1-19(2)25-12-14-28(29(31)17-25)26-13-15-27(30(32)18-26)24-10-8-23(9-11-24)22-6-4-21(5-7-22)16-20(3)33/h4-15,17-19H,3,16H2,1-2H3. The van der Waals surface area contributed by atoms with Gasteiger partial charge in [0, 0.05) is 17.5 Å². The van der Waals surface area contributed by atoms with Crippen molar-refractivity contribution in [1.82, 2.24) is 0 Å². The maximum Gasteiger partial charge on any atom is 0.131 e. The van der Waals surface area contributed by atoms with E-state index in [0.29, 0.717) is 16.7 Å². The Hall–Kier alpha value is -2.79. The molecule has 0 aromatic heterocycles. The van der Waals surface area contributed by atoms with Crippen LogP contribution in [-0.2, 0) is 6.42 Å². The Morgan fingerprint density at radius 2 is 1.18 bits per heavy atom. The van der Waals surface area contributed by atoms with Crippen molar-refractivity contribution >= 4 is 22.6 Å². The van der Waals surface area contributed by atoms with Gasteiger partial charge in [-0.25, -0.2) is 8.78 Å². The lowest BCUT2D eigenvalue weighted by molar-refractivity contribution is 0.624. The van der Waals surface area contributed by atoms with Crippen molar-refractivity contribution in [2.75, 3.05) is 0 Å². The lowest BCUT2D eigenvalue weighted by Crippen LogP contribution is -1.93. The number of allylic oxidation sites excluding steroid dienone is 1. The second-order valence-corrected chi connectivity index (χ2v) is 10.1. The van der Waals surface area contributed by atoms with Crippen molar-refractivity contribution < 1.29 is 8.78 Å². The molecule has 0 radical (unpaired) electrons. The predicted octanol–water partition coefficient (Wildman–Crippen LogP) is 9.58. The lowest BCUT2D eigenvalue weighted by atomic mass is 9.95. The van der Waals surface area contributed by atoms with Crippen LogP contribution in [0.3, 0.4) is 0 Å². The summed E-state index contributed by atoms with van der Waals surface area (Å²) in [5.41, 5.74) is 6.58. The third-order valence-electron chi connectivity index (χ3n) is 5.82. The van der Waals surface area contributed by atoms with E-state index in [1.807, 2.05) is 44.2 Å². The molecule has 33 heavy (non-hydrogen) atoms. The fourth-order valence-electron chi connectivity index (χ4n) is 3.92. The van der Waals surface area contributed by atoms with Crippen molar-refractivity contribution in [2.45, 2.75) is 26.2 Å². The average Bonchev–Trinajstić information content (AvgIpc) is 2.79. The van der Waals surface area contributed by atoms with Crippen LogP contribution < -0.4 is 0 Å². The Labute approximate surface area is 208 Å². The van der Waals surface area contributed by atoms with Crippen LogP contribution in [0.15, 0.2) is 95.1 Å². The highest BCUT2D eigenvalue weighted by Gasteiger charge is 2.12. The van der Waals surface area contributed by atoms with Crippen LogP contribution in [-0.4, -0.2) is 0 Å². The molecule has 0 saturated carbocycles. The second kappa shape index (κ2) is 10.0. The maximum absolute atomic E-state index is 15.0. The summed E-state index contributed by atoms with van der Waals surface area (Å²) in [4.78, 5) is 0. The van der Waals surface area contributed by atoms with Crippen molar-refractivity contribution in [3.8, 4) is 33.4 Å². The highest BCUT2D eigenvalue weighted by Crippen LogP contribution is 2.32. The molecule has 4 rings (SSSR count). The van der Waals surface area contributed by atoms with Gasteiger partial charge in [-0.3, -0.25) is 0 Å². The van der Waals surface area contributed by atoms with Gasteiger partial charge in [0.15, 0.2) is 0 Å². The first-order valence-corrected chi connectivity index (χ1v) is 12.0. The number of benzene rings is 4. The Morgan fingerprint density at radius 3 is 1.73 bits per heavy atom. The molecule has 0 aliphatic rings. The lowest BCUT2D eigenvalue weighted by Gasteiger charge is -2.11. The highest BCUT2D eigenvalue weighted by molar-refractivity contribution is 14.1. The van der Waals surface area contributed by atoms with Crippen LogP contribution in [0.4, 0.5) is 8.78 Å². The van der Waals surface area contributed by atoms with Crippen LogP contribution in [0.5, 0.6) is 0 Å². The second-order valence-electron chi connectivity index (χ2n) is 8.56. The van der Waals surface area contributed by atoms with Gasteiger partial charge in [-0.05, 0) is 77.6 Å². The van der Waals surface area contributed by atoms with E-state index in [4.69, 9.17) is 0 Å². The molecule has 0 aliphatic carbocycles. The van der Waals surface area contributed by atoms with E-state index in [-0.39, 0.29) is 17.6 Å². The summed E-state index contributed by atoms with van der Waals surface area (Å²) in [5, 5.41) is 0. The molecule has 0 fully saturated rings. The third kappa shape index (κ3) is 5.41. The number of rotatable bonds is 6. The van der Waals surface area contributed by atoms with Gasteiger partial charge in [-0.1, -0.05) is 93.2 Å². The monoisotopic (exact) mass is 550 g/mol.